The Bertz CT molecular complexity index is 3280. The van der Waals surface area contributed by atoms with E-state index < -0.39 is 0 Å². The first-order valence-corrected chi connectivity index (χ1v) is 20.4. The maximum absolute atomic E-state index is 5.16. The maximum Gasteiger partial charge on any atom is 0.156 e. The summed E-state index contributed by atoms with van der Waals surface area (Å²) in [7, 11) is 0. The van der Waals surface area contributed by atoms with Gasteiger partial charge in [0.1, 0.15) is 0 Å². The van der Waals surface area contributed by atoms with E-state index in [0.29, 0.717) is 0 Å². The Morgan fingerprint density at radius 2 is 0.982 bits per heavy atom. The van der Waals surface area contributed by atoms with Gasteiger partial charge < -0.3 is 0 Å². The van der Waals surface area contributed by atoms with Gasteiger partial charge in [-0.2, -0.15) is 0 Å². The van der Waals surface area contributed by atoms with Gasteiger partial charge in [0.15, 0.2) is 5.65 Å². The lowest BCUT2D eigenvalue weighted by Gasteiger charge is -2.33. The molecule has 1 aliphatic carbocycles. The van der Waals surface area contributed by atoms with Crippen molar-refractivity contribution in [1.82, 2.24) is 9.38 Å². The first-order valence-electron chi connectivity index (χ1n) is 19.5. The van der Waals surface area contributed by atoms with Crippen LogP contribution in [0.5, 0.6) is 0 Å². The Balaban J connectivity index is 0.924. The van der Waals surface area contributed by atoms with Crippen molar-refractivity contribution >= 4 is 48.2 Å². The fourth-order valence-electron chi connectivity index (χ4n) is 9.53. The van der Waals surface area contributed by atoms with Gasteiger partial charge in [0.05, 0.1) is 26.8 Å². The summed E-state index contributed by atoms with van der Waals surface area (Å²) in [5.41, 5.74) is 17.7. The van der Waals surface area contributed by atoms with Crippen molar-refractivity contribution in [2.24, 2.45) is 0 Å². The molecular weight excluding hydrogens is 709 g/mol. The number of pyridine rings is 1. The van der Waals surface area contributed by atoms with Gasteiger partial charge in [0.2, 0.25) is 0 Å². The van der Waals surface area contributed by atoms with E-state index in [4.69, 9.17) is 4.98 Å². The average Bonchev–Trinajstić information content (AvgIpc) is 3.96. The van der Waals surface area contributed by atoms with Gasteiger partial charge in [-0.05, 0) is 91.5 Å². The first-order chi connectivity index (χ1) is 28.3. The summed E-state index contributed by atoms with van der Waals surface area (Å²) < 4.78 is 4.86. The number of nitrogens with zero attached hydrogens (tertiary/aromatic N) is 2. The molecule has 266 valence electrons. The number of fused-ring (bicyclic) bond motifs is 10. The second-order valence-corrected chi connectivity index (χ2v) is 16.1. The lowest BCUT2D eigenvalue weighted by Crippen LogP contribution is -2.28. The van der Waals surface area contributed by atoms with E-state index in [-0.39, 0.29) is 5.41 Å². The molecule has 0 unspecified atom stereocenters. The molecule has 0 atom stereocenters. The van der Waals surface area contributed by atoms with Crippen LogP contribution < -0.4 is 0 Å². The smallest absolute Gasteiger partial charge is 0.156 e. The second-order valence-electron chi connectivity index (χ2n) is 15.1. The molecule has 8 aromatic carbocycles. The van der Waals surface area contributed by atoms with E-state index in [1.165, 1.54) is 81.4 Å². The van der Waals surface area contributed by atoms with Crippen molar-refractivity contribution < 1.29 is 0 Å². The highest BCUT2D eigenvalue weighted by Gasteiger charge is 2.45. The Labute approximate surface area is 334 Å². The van der Waals surface area contributed by atoms with E-state index in [9.17, 15) is 0 Å². The van der Waals surface area contributed by atoms with Crippen molar-refractivity contribution in [2.45, 2.75) is 5.41 Å². The van der Waals surface area contributed by atoms with Gasteiger partial charge in [-0.1, -0.05) is 176 Å². The summed E-state index contributed by atoms with van der Waals surface area (Å²) >= 11 is 1.83. The van der Waals surface area contributed by atoms with Crippen molar-refractivity contribution in [1.29, 1.82) is 0 Å². The highest BCUT2D eigenvalue weighted by molar-refractivity contribution is 7.26. The minimum Gasteiger partial charge on any atom is -0.291 e. The summed E-state index contributed by atoms with van der Waals surface area (Å²) in [4.78, 5) is 5.16. The lowest BCUT2D eigenvalue weighted by molar-refractivity contribution is 0.768. The maximum atomic E-state index is 5.16. The quantitative estimate of drug-likeness (QED) is 0.172. The molecule has 3 heterocycles. The monoisotopic (exact) mass is 742 g/mol. The zero-order chi connectivity index (χ0) is 37.5. The molecule has 0 bridgehead atoms. The van der Waals surface area contributed by atoms with Crippen molar-refractivity contribution in [2.75, 3.05) is 0 Å². The van der Waals surface area contributed by atoms with Crippen molar-refractivity contribution in [3.05, 3.63) is 229 Å². The van der Waals surface area contributed by atoms with Crippen LogP contribution in [0.2, 0.25) is 0 Å². The molecule has 1 aliphatic rings. The number of hydrogen-bond donors (Lipinski definition) is 0. The number of rotatable bonds is 5. The van der Waals surface area contributed by atoms with Crippen LogP contribution in [-0.4, -0.2) is 9.38 Å². The Kier molecular flexibility index (Phi) is 7.05. The van der Waals surface area contributed by atoms with E-state index >= 15 is 0 Å². The van der Waals surface area contributed by atoms with Gasteiger partial charge in [-0.3, -0.25) is 4.40 Å². The summed E-state index contributed by atoms with van der Waals surface area (Å²) in [6.07, 6.45) is 0. The summed E-state index contributed by atoms with van der Waals surface area (Å²) in [5, 5.41) is 2.54. The fraction of sp³-hybridized carbons (Fsp3) is 0.0185. The molecular formula is C54H34N2S. The predicted molar refractivity (Wildman–Crippen MR) is 239 cm³/mol. The van der Waals surface area contributed by atoms with Crippen LogP contribution in [0.15, 0.2) is 206 Å². The normalized spacial score (nSPS) is 13.1. The number of imidazole rings is 1. The SMILES string of the molecule is c1ccc(C2(c3ccccc3)c3ccccc3-c3cc(-c4ccc(-c5ccc(-c6cc7c8ccccc8sc7c7nc8ccccc8n67)cc5)cc4)ccc32)cc1. The van der Waals surface area contributed by atoms with E-state index in [1.807, 2.05) is 11.3 Å². The molecule has 57 heavy (non-hydrogen) atoms. The van der Waals surface area contributed by atoms with E-state index in [2.05, 4.69) is 211 Å². The van der Waals surface area contributed by atoms with Crippen LogP contribution in [0, 0.1) is 0 Å². The number of benzene rings is 8. The molecule has 0 saturated carbocycles. The topological polar surface area (TPSA) is 17.3 Å². The molecule has 0 radical (unpaired) electrons. The molecule has 0 amide bonds. The minimum absolute atomic E-state index is 0.386. The molecule has 0 fully saturated rings. The van der Waals surface area contributed by atoms with Gasteiger partial charge in [0.25, 0.3) is 0 Å². The summed E-state index contributed by atoms with van der Waals surface area (Å²) in [5.74, 6) is 0. The van der Waals surface area contributed by atoms with Gasteiger partial charge in [-0.15, -0.1) is 11.3 Å². The van der Waals surface area contributed by atoms with E-state index in [0.717, 1.165) is 22.4 Å². The lowest BCUT2D eigenvalue weighted by atomic mass is 9.67. The van der Waals surface area contributed by atoms with Crippen LogP contribution in [0.25, 0.3) is 81.5 Å². The molecule has 3 aromatic heterocycles. The third-order valence-electron chi connectivity index (χ3n) is 12.1. The zero-order valence-electron chi connectivity index (χ0n) is 30.9. The van der Waals surface area contributed by atoms with Crippen LogP contribution in [0.4, 0.5) is 0 Å². The van der Waals surface area contributed by atoms with Crippen molar-refractivity contribution in [3.8, 4) is 44.6 Å². The number of para-hydroxylation sites is 2. The fourth-order valence-corrected chi connectivity index (χ4v) is 10.7. The zero-order valence-corrected chi connectivity index (χ0v) is 31.7. The second kappa shape index (κ2) is 12.5. The molecule has 11 aromatic rings. The highest BCUT2D eigenvalue weighted by atomic mass is 32.1. The molecule has 0 spiro atoms. The van der Waals surface area contributed by atoms with Crippen molar-refractivity contribution in [3.63, 3.8) is 0 Å². The summed E-state index contributed by atoms with van der Waals surface area (Å²) in [6.45, 7) is 0. The third kappa shape index (κ3) is 4.73. The van der Waals surface area contributed by atoms with Crippen LogP contribution >= 0.6 is 11.3 Å². The van der Waals surface area contributed by atoms with Gasteiger partial charge >= 0.3 is 0 Å². The number of aromatic nitrogens is 2. The van der Waals surface area contributed by atoms with E-state index in [1.54, 1.807) is 0 Å². The Morgan fingerprint density at radius 1 is 0.421 bits per heavy atom. The highest BCUT2D eigenvalue weighted by Crippen LogP contribution is 2.56. The number of hydrogen-bond acceptors (Lipinski definition) is 2. The predicted octanol–water partition coefficient (Wildman–Crippen LogP) is 14.2. The van der Waals surface area contributed by atoms with Crippen LogP contribution in [-0.2, 0) is 5.41 Å². The first kappa shape index (κ1) is 32.2. The molecule has 12 rings (SSSR count). The molecule has 3 heteroatoms. The summed E-state index contributed by atoms with van der Waals surface area (Å²) in [6, 6.07) is 75.6. The average molecular weight is 743 g/mol. The van der Waals surface area contributed by atoms with Crippen LogP contribution in [0.1, 0.15) is 22.3 Å². The molecule has 0 aliphatic heterocycles. The standard InChI is InChI=1S/C54H34N2S/c1-3-13-40(14-4-1)54(41-15-5-2-6-16-41)46-19-9-7-17-42(46)44-33-39(31-32-47(44)54)37-25-23-35(24-26-37)36-27-29-38(30-28-36)50-34-45-43-18-8-12-22-51(43)57-52(45)53-55-48-20-10-11-21-49(48)56(50)53/h1-34H. The molecule has 2 nitrogen and oxygen atoms in total. The largest absolute Gasteiger partial charge is 0.291 e. The number of thiophene rings is 1. The van der Waals surface area contributed by atoms with Gasteiger partial charge in [-0.25, -0.2) is 4.98 Å². The van der Waals surface area contributed by atoms with Gasteiger partial charge in [0, 0.05) is 15.5 Å². The van der Waals surface area contributed by atoms with Crippen LogP contribution in [0.3, 0.4) is 0 Å². The molecule has 0 saturated heterocycles. The Morgan fingerprint density at radius 3 is 1.72 bits per heavy atom. The third-order valence-corrected chi connectivity index (χ3v) is 13.3. The Hall–Kier alpha value is -7.07. The molecule has 0 N–H and O–H groups in total. The minimum atomic E-state index is -0.386.